The number of benzene rings is 2. The smallest absolute Gasteiger partial charge is 0.387 e. The number of nitrogens with one attached hydrogen (secondary N) is 1. The molecular weight excluding hydrogens is 484 g/mol. The quantitative estimate of drug-likeness (QED) is 0.564. The maximum atomic E-state index is 13.3. The molecule has 2 aromatic carbocycles. The first kappa shape index (κ1) is 25.8. The predicted octanol–water partition coefficient (Wildman–Crippen LogP) is 4.53. The normalized spacial score (nSPS) is 18.0. The van der Waals surface area contributed by atoms with E-state index in [-0.39, 0.29) is 36.3 Å². The van der Waals surface area contributed by atoms with E-state index in [0.29, 0.717) is 23.3 Å². The van der Waals surface area contributed by atoms with Crippen LogP contribution in [0.1, 0.15) is 37.1 Å². The maximum Gasteiger partial charge on any atom is 0.387 e. The van der Waals surface area contributed by atoms with Crippen LogP contribution in [0.5, 0.6) is 11.5 Å². The molecule has 0 aliphatic carbocycles. The molecule has 4 rings (SSSR count). The second-order valence-electron chi connectivity index (χ2n) is 8.32. The van der Waals surface area contributed by atoms with Crippen LogP contribution in [-0.2, 0) is 4.79 Å². The van der Waals surface area contributed by atoms with Gasteiger partial charge < -0.3 is 14.8 Å². The summed E-state index contributed by atoms with van der Waals surface area (Å²) in [5.41, 5.74) is 1.67. The van der Waals surface area contributed by atoms with Gasteiger partial charge in [0.2, 0.25) is 5.91 Å². The molecule has 2 aliphatic heterocycles. The fourth-order valence-corrected chi connectivity index (χ4v) is 4.16. The molecule has 11 heteroatoms. The molecule has 194 valence electrons. The Morgan fingerprint density at radius 1 is 1.19 bits per heavy atom. The highest BCUT2D eigenvalue weighted by Crippen LogP contribution is 2.34. The Kier molecular flexibility index (Phi) is 8.11. The summed E-state index contributed by atoms with van der Waals surface area (Å²) in [6.07, 6.45) is 4.44. The third-order valence-corrected chi connectivity index (χ3v) is 6.04. The number of aliphatic imine (C=N–C) groups is 1. The van der Waals surface area contributed by atoms with Crippen LogP contribution in [0, 0.1) is 5.92 Å². The fraction of sp³-hybridized carbons (Fsp3) is 0.308. The van der Waals surface area contributed by atoms with Gasteiger partial charge >= 0.3 is 12.6 Å². The second-order valence-corrected chi connectivity index (χ2v) is 8.32. The van der Waals surface area contributed by atoms with Crippen molar-refractivity contribution in [2.45, 2.75) is 32.5 Å². The molecule has 2 aromatic rings. The van der Waals surface area contributed by atoms with Crippen LogP contribution in [-0.4, -0.2) is 54.0 Å². The predicted molar refractivity (Wildman–Crippen MR) is 133 cm³/mol. The van der Waals surface area contributed by atoms with Crippen LogP contribution in [0.3, 0.4) is 0 Å². The molecule has 3 amide bonds. The van der Waals surface area contributed by atoms with Gasteiger partial charge in [0.05, 0.1) is 19.4 Å². The van der Waals surface area contributed by atoms with Gasteiger partial charge in [-0.15, -0.1) is 0 Å². The number of rotatable bonds is 8. The molecule has 2 heterocycles. The van der Waals surface area contributed by atoms with Gasteiger partial charge in [-0.05, 0) is 30.2 Å². The number of hydrogen-bond acceptors (Lipinski definition) is 6. The van der Waals surface area contributed by atoms with Crippen molar-refractivity contribution in [2.24, 2.45) is 16.0 Å². The summed E-state index contributed by atoms with van der Waals surface area (Å²) in [6, 6.07) is 13.2. The standard InChI is InChI=1S/C26H27F2N5O4/c1-3-17-16-22(34)33(31-23(17)19-9-10-20(36-2)21(15-19)37-25(27)28)24(18-7-5-4-6-8-18)30-26(35)32-13-11-29-12-14-32/h4-13,15,17,24-25H,3,14,16H2,1-2H3,(H,30,35). The number of ether oxygens (including phenoxy) is 2. The van der Waals surface area contributed by atoms with Crippen molar-refractivity contribution in [1.29, 1.82) is 0 Å². The number of nitrogens with zero attached hydrogens (tertiary/aromatic N) is 4. The Morgan fingerprint density at radius 2 is 1.97 bits per heavy atom. The van der Waals surface area contributed by atoms with Gasteiger partial charge in [0.25, 0.3) is 0 Å². The molecule has 2 unspecified atom stereocenters. The van der Waals surface area contributed by atoms with Crippen molar-refractivity contribution in [3.05, 3.63) is 72.1 Å². The van der Waals surface area contributed by atoms with Crippen molar-refractivity contribution in [2.75, 3.05) is 13.7 Å². The van der Waals surface area contributed by atoms with Gasteiger partial charge in [-0.1, -0.05) is 37.3 Å². The van der Waals surface area contributed by atoms with E-state index in [9.17, 15) is 18.4 Å². The molecule has 0 saturated carbocycles. The summed E-state index contributed by atoms with van der Waals surface area (Å²) in [4.78, 5) is 31.7. The highest BCUT2D eigenvalue weighted by molar-refractivity contribution is 6.06. The Morgan fingerprint density at radius 3 is 2.62 bits per heavy atom. The van der Waals surface area contributed by atoms with E-state index in [4.69, 9.17) is 4.74 Å². The van der Waals surface area contributed by atoms with Crippen LogP contribution in [0.15, 0.2) is 71.0 Å². The van der Waals surface area contributed by atoms with Crippen LogP contribution in [0.25, 0.3) is 0 Å². The summed E-state index contributed by atoms with van der Waals surface area (Å²) in [5, 5.41) is 8.81. The van der Waals surface area contributed by atoms with Crippen molar-refractivity contribution >= 4 is 23.9 Å². The molecule has 9 nitrogen and oxygen atoms in total. The molecule has 0 aromatic heterocycles. The first-order valence-electron chi connectivity index (χ1n) is 11.8. The molecule has 2 atom stereocenters. The summed E-state index contributed by atoms with van der Waals surface area (Å²) >= 11 is 0. The number of methoxy groups -OCH3 is 1. The zero-order valence-corrected chi connectivity index (χ0v) is 20.4. The number of carbonyl (C=O) groups excluding carboxylic acids is 2. The van der Waals surface area contributed by atoms with Gasteiger partial charge in [-0.3, -0.25) is 14.7 Å². The van der Waals surface area contributed by atoms with Crippen molar-refractivity contribution in [3.63, 3.8) is 0 Å². The third kappa shape index (κ3) is 5.93. The Labute approximate surface area is 213 Å². The van der Waals surface area contributed by atoms with E-state index >= 15 is 0 Å². The van der Waals surface area contributed by atoms with Gasteiger partial charge in [0.1, 0.15) is 0 Å². The number of hydrogen-bond donors (Lipinski definition) is 1. The largest absolute Gasteiger partial charge is 0.493 e. The zero-order chi connectivity index (χ0) is 26.4. The maximum absolute atomic E-state index is 13.3. The summed E-state index contributed by atoms with van der Waals surface area (Å²) in [5.74, 6) is -0.528. The first-order chi connectivity index (χ1) is 17.9. The van der Waals surface area contributed by atoms with E-state index in [2.05, 4.69) is 20.1 Å². The molecule has 0 saturated heterocycles. The van der Waals surface area contributed by atoms with Crippen molar-refractivity contribution in [1.82, 2.24) is 15.2 Å². The van der Waals surface area contributed by atoms with Gasteiger partial charge in [-0.25, -0.2) is 9.80 Å². The number of hydrazone groups is 1. The number of alkyl halides is 2. The van der Waals surface area contributed by atoms with Gasteiger partial charge in [0, 0.05) is 36.5 Å². The molecular formula is C26H27F2N5O4. The summed E-state index contributed by atoms with van der Waals surface area (Å²) < 4.78 is 35.8. The number of carbonyl (C=O) groups is 2. The minimum absolute atomic E-state index is 0.127. The Bertz CT molecular complexity index is 1220. The van der Waals surface area contributed by atoms with E-state index in [0.717, 1.165) is 0 Å². The lowest BCUT2D eigenvalue weighted by molar-refractivity contribution is -0.135. The molecule has 37 heavy (non-hydrogen) atoms. The minimum atomic E-state index is -3.04. The second kappa shape index (κ2) is 11.6. The minimum Gasteiger partial charge on any atom is -0.493 e. The average molecular weight is 512 g/mol. The molecule has 1 N–H and O–H groups in total. The average Bonchev–Trinajstić information content (AvgIpc) is 2.92. The van der Waals surface area contributed by atoms with Crippen LogP contribution >= 0.6 is 0 Å². The van der Waals surface area contributed by atoms with Crippen LogP contribution < -0.4 is 14.8 Å². The fourth-order valence-electron chi connectivity index (χ4n) is 4.16. The molecule has 0 fully saturated rings. The number of amides is 3. The van der Waals surface area contributed by atoms with E-state index in [1.807, 2.05) is 13.0 Å². The zero-order valence-electron chi connectivity index (χ0n) is 20.4. The summed E-state index contributed by atoms with van der Waals surface area (Å²) in [7, 11) is 1.36. The van der Waals surface area contributed by atoms with Crippen molar-refractivity contribution in [3.8, 4) is 11.5 Å². The van der Waals surface area contributed by atoms with Gasteiger partial charge in [0.15, 0.2) is 17.7 Å². The van der Waals surface area contributed by atoms with Gasteiger partial charge in [-0.2, -0.15) is 13.9 Å². The molecule has 0 radical (unpaired) electrons. The molecule has 0 spiro atoms. The Balaban J connectivity index is 1.74. The monoisotopic (exact) mass is 511 g/mol. The van der Waals surface area contributed by atoms with E-state index in [1.54, 1.807) is 42.7 Å². The topological polar surface area (TPSA) is 95.8 Å². The van der Waals surface area contributed by atoms with Crippen LogP contribution in [0.4, 0.5) is 13.6 Å². The molecule has 0 bridgehead atoms. The highest BCUT2D eigenvalue weighted by atomic mass is 19.3. The lowest BCUT2D eigenvalue weighted by Gasteiger charge is -2.35. The van der Waals surface area contributed by atoms with E-state index in [1.165, 1.54) is 35.4 Å². The SMILES string of the molecule is CCC1CC(=O)N(C(NC(=O)N2C=CN=CC2)c2ccccc2)N=C1c1ccc(OC)c(OC(F)F)c1. The number of urea groups is 1. The lowest BCUT2D eigenvalue weighted by Crippen LogP contribution is -2.49. The van der Waals surface area contributed by atoms with Crippen LogP contribution in [0.2, 0.25) is 0 Å². The molecule has 2 aliphatic rings. The van der Waals surface area contributed by atoms with E-state index < -0.39 is 18.8 Å². The third-order valence-electron chi connectivity index (χ3n) is 6.04. The number of halogens is 2. The highest BCUT2D eigenvalue weighted by Gasteiger charge is 2.35. The Hall–Kier alpha value is -4.28. The summed E-state index contributed by atoms with van der Waals surface area (Å²) in [6.45, 7) is -0.837. The first-order valence-corrected chi connectivity index (χ1v) is 11.8. The van der Waals surface area contributed by atoms with Crippen molar-refractivity contribution < 1.29 is 27.8 Å². The lowest BCUT2D eigenvalue weighted by atomic mass is 9.89.